The fourth-order valence-corrected chi connectivity index (χ4v) is 3.99. The van der Waals surface area contributed by atoms with E-state index in [1.807, 2.05) is 29.2 Å². The molecular formula is C22H20N4O5. The maximum Gasteiger partial charge on any atom is 0.407 e. The number of aromatic amines is 1. The molecule has 0 atom stereocenters. The smallest absolute Gasteiger partial charge is 0.407 e. The van der Waals surface area contributed by atoms with Crippen LogP contribution >= 0.6 is 0 Å². The van der Waals surface area contributed by atoms with Gasteiger partial charge in [-0.2, -0.15) is 5.10 Å². The first kappa shape index (κ1) is 19.1. The lowest BCUT2D eigenvalue weighted by atomic mass is 10.0. The van der Waals surface area contributed by atoms with Gasteiger partial charge in [0.25, 0.3) is 0 Å². The minimum Gasteiger partial charge on any atom is -0.507 e. The number of aromatic hydroxyl groups is 1. The van der Waals surface area contributed by atoms with Crippen LogP contribution in [-0.4, -0.2) is 68.3 Å². The largest absolute Gasteiger partial charge is 0.507 e. The highest BCUT2D eigenvalue weighted by atomic mass is 16.5. The van der Waals surface area contributed by atoms with Crippen molar-refractivity contribution in [2.24, 2.45) is 0 Å². The van der Waals surface area contributed by atoms with Gasteiger partial charge in [0.15, 0.2) is 5.76 Å². The monoisotopic (exact) mass is 420 g/mol. The van der Waals surface area contributed by atoms with Crippen LogP contribution in [0.5, 0.6) is 11.5 Å². The molecule has 1 saturated heterocycles. The van der Waals surface area contributed by atoms with Crippen LogP contribution < -0.4 is 4.74 Å². The van der Waals surface area contributed by atoms with Crippen molar-refractivity contribution in [1.82, 2.24) is 20.0 Å². The summed E-state index contributed by atoms with van der Waals surface area (Å²) >= 11 is 0. The highest BCUT2D eigenvalue weighted by Crippen LogP contribution is 2.40. The summed E-state index contributed by atoms with van der Waals surface area (Å²) in [5.74, 6) is 0.268. The molecule has 0 unspecified atom stereocenters. The van der Waals surface area contributed by atoms with Crippen LogP contribution in [0.25, 0.3) is 17.0 Å². The van der Waals surface area contributed by atoms with E-state index in [1.165, 1.54) is 11.0 Å². The number of hydrogen-bond acceptors (Lipinski definition) is 6. The topological polar surface area (TPSA) is 119 Å². The number of carboxylic acid groups (broad SMARTS) is 1. The van der Waals surface area contributed by atoms with Gasteiger partial charge in [0.05, 0.1) is 22.3 Å². The van der Waals surface area contributed by atoms with Crippen molar-refractivity contribution in [1.29, 1.82) is 0 Å². The molecule has 2 aromatic carbocycles. The Hall–Kier alpha value is -3.85. The third-order valence-corrected chi connectivity index (χ3v) is 5.71. The molecule has 3 N–H and O–H groups in total. The lowest BCUT2D eigenvalue weighted by Crippen LogP contribution is -2.47. The van der Waals surface area contributed by atoms with Gasteiger partial charge in [-0.1, -0.05) is 18.2 Å². The van der Waals surface area contributed by atoms with Crippen LogP contribution in [0.4, 0.5) is 4.79 Å². The molecule has 5 rings (SSSR count). The third kappa shape index (κ3) is 3.38. The Bertz CT molecular complexity index is 1220. The van der Waals surface area contributed by atoms with Gasteiger partial charge in [-0.3, -0.25) is 14.8 Å². The summed E-state index contributed by atoms with van der Waals surface area (Å²) in [6, 6.07) is 10.7. The van der Waals surface area contributed by atoms with Gasteiger partial charge in [0.2, 0.25) is 5.78 Å². The number of nitrogens with one attached hydrogen (secondary N) is 1. The van der Waals surface area contributed by atoms with E-state index in [0.29, 0.717) is 55.3 Å². The fraction of sp³-hybridized carbons (Fsp3) is 0.227. The number of ketones is 1. The minimum atomic E-state index is -0.933. The molecule has 1 amide bonds. The van der Waals surface area contributed by atoms with Crippen molar-refractivity contribution in [3.8, 4) is 11.5 Å². The molecule has 9 nitrogen and oxygen atoms in total. The Labute approximate surface area is 177 Å². The standard InChI is InChI=1S/C22H20N4O5/c27-18-6-5-14-20(28)19(11-17-13-3-1-2-4-16(13)23-24-17)31-21(14)15(18)12-25-7-9-26(10-8-25)22(29)30/h1-6,11,27H,7-10,12H2,(H,23,24)(H,29,30)/b19-11-. The Morgan fingerprint density at radius 3 is 2.71 bits per heavy atom. The van der Waals surface area contributed by atoms with Crippen molar-refractivity contribution in [3.63, 3.8) is 0 Å². The zero-order chi connectivity index (χ0) is 21.5. The number of allylic oxidation sites excluding steroid dienone is 1. The van der Waals surface area contributed by atoms with Crippen LogP contribution in [-0.2, 0) is 6.54 Å². The predicted octanol–water partition coefficient (Wildman–Crippen LogP) is 2.68. The molecule has 3 aromatic rings. The number of carbonyl (C=O) groups excluding carboxylic acids is 1. The van der Waals surface area contributed by atoms with Crippen molar-refractivity contribution < 1.29 is 24.5 Å². The molecular weight excluding hydrogens is 400 g/mol. The van der Waals surface area contributed by atoms with Gasteiger partial charge in [0.1, 0.15) is 11.5 Å². The Morgan fingerprint density at radius 1 is 1.16 bits per heavy atom. The summed E-state index contributed by atoms with van der Waals surface area (Å²) in [5, 5.41) is 27.6. The molecule has 0 radical (unpaired) electrons. The van der Waals surface area contributed by atoms with E-state index in [1.54, 1.807) is 12.1 Å². The van der Waals surface area contributed by atoms with Crippen molar-refractivity contribution in [3.05, 3.63) is 59.0 Å². The van der Waals surface area contributed by atoms with Gasteiger partial charge in [-0.15, -0.1) is 0 Å². The van der Waals surface area contributed by atoms with E-state index in [2.05, 4.69) is 10.2 Å². The molecule has 9 heteroatoms. The SMILES string of the molecule is O=C1/C(=C/c2n[nH]c3ccccc23)Oc2c1ccc(O)c2CN1CCN(C(=O)O)CC1. The molecule has 1 aromatic heterocycles. The van der Waals surface area contributed by atoms with Crippen LogP contribution in [0.2, 0.25) is 0 Å². The van der Waals surface area contributed by atoms with Crippen molar-refractivity contribution >= 4 is 28.9 Å². The third-order valence-electron chi connectivity index (χ3n) is 5.71. The molecule has 2 aliphatic rings. The molecule has 31 heavy (non-hydrogen) atoms. The fourth-order valence-electron chi connectivity index (χ4n) is 3.99. The number of fused-ring (bicyclic) bond motifs is 2. The maximum atomic E-state index is 12.9. The Morgan fingerprint density at radius 2 is 1.94 bits per heavy atom. The van der Waals surface area contributed by atoms with Crippen LogP contribution in [0.1, 0.15) is 21.6 Å². The zero-order valence-electron chi connectivity index (χ0n) is 16.5. The van der Waals surface area contributed by atoms with Gasteiger partial charge >= 0.3 is 6.09 Å². The average Bonchev–Trinajstić information content (AvgIpc) is 3.32. The number of phenolic OH excluding ortho intramolecular Hbond substituents is 1. The number of para-hydroxylation sites is 1. The second-order valence-electron chi connectivity index (χ2n) is 7.58. The van der Waals surface area contributed by atoms with Gasteiger partial charge in [-0.05, 0) is 18.2 Å². The van der Waals surface area contributed by atoms with E-state index in [-0.39, 0.29) is 17.3 Å². The molecule has 0 aliphatic carbocycles. The zero-order valence-corrected chi connectivity index (χ0v) is 16.5. The van der Waals surface area contributed by atoms with E-state index >= 15 is 0 Å². The lowest BCUT2D eigenvalue weighted by Gasteiger charge is -2.33. The van der Waals surface area contributed by atoms with Crippen molar-refractivity contribution in [2.75, 3.05) is 26.2 Å². The lowest BCUT2D eigenvalue weighted by molar-refractivity contribution is 0.101. The summed E-state index contributed by atoms with van der Waals surface area (Å²) in [5.41, 5.74) is 2.37. The Kier molecular flexibility index (Phi) is 4.59. The number of ether oxygens (including phenoxy) is 1. The number of benzene rings is 2. The van der Waals surface area contributed by atoms with Crippen LogP contribution in [0.3, 0.4) is 0 Å². The Balaban J connectivity index is 1.42. The minimum absolute atomic E-state index is 0.0404. The van der Waals surface area contributed by atoms with E-state index in [0.717, 1.165) is 10.9 Å². The van der Waals surface area contributed by atoms with Gasteiger partial charge < -0.3 is 19.8 Å². The highest BCUT2D eigenvalue weighted by Gasteiger charge is 2.32. The number of amides is 1. The normalized spacial score (nSPS) is 17.9. The van der Waals surface area contributed by atoms with Crippen LogP contribution in [0.15, 0.2) is 42.2 Å². The van der Waals surface area contributed by atoms with Crippen LogP contribution in [0, 0.1) is 0 Å². The van der Waals surface area contributed by atoms with Crippen molar-refractivity contribution in [2.45, 2.75) is 6.54 Å². The van der Waals surface area contributed by atoms with E-state index < -0.39 is 6.09 Å². The highest BCUT2D eigenvalue weighted by molar-refractivity contribution is 6.15. The summed E-state index contributed by atoms with van der Waals surface area (Å²) in [4.78, 5) is 27.4. The summed E-state index contributed by atoms with van der Waals surface area (Å²) in [6.45, 7) is 2.20. The molecule has 1 fully saturated rings. The molecule has 0 bridgehead atoms. The molecule has 2 aliphatic heterocycles. The van der Waals surface area contributed by atoms with Gasteiger partial charge in [-0.25, -0.2) is 4.79 Å². The maximum absolute atomic E-state index is 12.9. The number of aromatic nitrogens is 2. The number of hydrogen-bond donors (Lipinski definition) is 3. The first-order chi connectivity index (χ1) is 15.0. The number of carbonyl (C=O) groups is 2. The van der Waals surface area contributed by atoms with E-state index in [4.69, 9.17) is 9.84 Å². The van der Waals surface area contributed by atoms with Gasteiger partial charge in [0, 0.05) is 44.2 Å². The predicted molar refractivity (Wildman–Crippen MR) is 112 cm³/mol. The number of piperazine rings is 1. The second-order valence-corrected chi connectivity index (χ2v) is 7.58. The first-order valence-corrected chi connectivity index (χ1v) is 9.93. The first-order valence-electron chi connectivity index (χ1n) is 9.93. The number of phenols is 1. The quantitative estimate of drug-likeness (QED) is 0.558. The molecule has 0 saturated carbocycles. The number of rotatable bonds is 3. The summed E-state index contributed by atoms with van der Waals surface area (Å²) in [6.07, 6.45) is 0.672. The van der Waals surface area contributed by atoms with E-state index in [9.17, 15) is 14.7 Å². The molecule has 0 spiro atoms. The number of Topliss-reactive ketones (excluding diaryl/α,β-unsaturated/α-hetero) is 1. The number of nitrogens with zero attached hydrogens (tertiary/aromatic N) is 3. The number of H-pyrrole nitrogens is 1. The summed E-state index contributed by atoms with van der Waals surface area (Å²) in [7, 11) is 0. The summed E-state index contributed by atoms with van der Waals surface area (Å²) < 4.78 is 5.92. The molecule has 3 heterocycles. The average molecular weight is 420 g/mol. The second kappa shape index (κ2) is 7.44. The molecule has 158 valence electrons.